The van der Waals surface area contributed by atoms with E-state index >= 15 is 0 Å². The van der Waals surface area contributed by atoms with Crippen LogP contribution in [0, 0.1) is 0 Å². The summed E-state index contributed by atoms with van der Waals surface area (Å²) >= 11 is 3.49. The van der Waals surface area contributed by atoms with Crippen molar-refractivity contribution in [3.63, 3.8) is 0 Å². The number of nitrogens with one attached hydrogen (secondary N) is 1. The summed E-state index contributed by atoms with van der Waals surface area (Å²) in [7, 11) is 0. The maximum Gasteiger partial charge on any atom is 0.407 e. The van der Waals surface area contributed by atoms with Crippen molar-refractivity contribution in [1.82, 2.24) is 10.3 Å². The average molecular weight is 399 g/mol. The molecule has 1 aliphatic carbocycles. The Morgan fingerprint density at radius 3 is 2.62 bits per heavy atom. The van der Waals surface area contributed by atoms with Gasteiger partial charge in [0.15, 0.2) is 5.75 Å². The standard InChI is InChI=1S/C18H27BrN2O3/c1-11(2)14-8-9-15(16(19)21-14)23-13-7-6-12(10-13)20-17(22)24-18(3,4)5/h8-9,11-13H,6-7,10H2,1-5H3,(H,20,22)/t12-,13+/m0/s1. The second kappa shape index (κ2) is 7.72. The summed E-state index contributed by atoms with van der Waals surface area (Å²) in [5.41, 5.74) is 0.554. The summed E-state index contributed by atoms with van der Waals surface area (Å²) in [6, 6.07) is 4.04. The Kier molecular flexibility index (Phi) is 6.12. The molecule has 0 bridgehead atoms. The van der Waals surface area contributed by atoms with Gasteiger partial charge in [0, 0.05) is 18.2 Å². The molecule has 0 unspecified atom stereocenters. The summed E-state index contributed by atoms with van der Waals surface area (Å²) in [6.45, 7) is 9.80. The maximum atomic E-state index is 11.8. The molecule has 1 heterocycles. The maximum absolute atomic E-state index is 11.8. The van der Waals surface area contributed by atoms with Gasteiger partial charge < -0.3 is 14.8 Å². The molecular weight excluding hydrogens is 372 g/mol. The van der Waals surface area contributed by atoms with Crippen LogP contribution in [0.15, 0.2) is 16.7 Å². The predicted molar refractivity (Wildman–Crippen MR) is 97.5 cm³/mol. The fourth-order valence-corrected chi connectivity index (χ4v) is 3.11. The number of rotatable bonds is 4. The van der Waals surface area contributed by atoms with Gasteiger partial charge in [-0.15, -0.1) is 0 Å². The zero-order valence-corrected chi connectivity index (χ0v) is 16.6. The highest BCUT2D eigenvalue weighted by Gasteiger charge is 2.29. The summed E-state index contributed by atoms with van der Waals surface area (Å²) in [4.78, 5) is 16.4. The first kappa shape index (κ1) is 19.0. The largest absolute Gasteiger partial charge is 0.488 e. The van der Waals surface area contributed by atoms with E-state index in [2.05, 4.69) is 40.1 Å². The van der Waals surface area contributed by atoms with E-state index in [-0.39, 0.29) is 18.2 Å². The van der Waals surface area contributed by atoms with Gasteiger partial charge in [0.25, 0.3) is 0 Å². The molecule has 1 aromatic rings. The van der Waals surface area contributed by atoms with Gasteiger partial charge in [-0.05, 0) is 67.6 Å². The van der Waals surface area contributed by atoms with Crippen molar-refractivity contribution in [2.75, 3.05) is 0 Å². The smallest absolute Gasteiger partial charge is 0.407 e. The number of hydrogen-bond donors (Lipinski definition) is 1. The number of aromatic nitrogens is 1. The van der Waals surface area contributed by atoms with Gasteiger partial charge in [-0.2, -0.15) is 0 Å². The van der Waals surface area contributed by atoms with Gasteiger partial charge in [0.1, 0.15) is 16.3 Å². The fraction of sp³-hybridized carbons (Fsp3) is 0.667. The Hall–Kier alpha value is -1.30. The van der Waals surface area contributed by atoms with Crippen LogP contribution in [-0.4, -0.2) is 28.8 Å². The molecule has 1 saturated carbocycles. The van der Waals surface area contributed by atoms with Crippen molar-refractivity contribution in [3.8, 4) is 5.75 Å². The van der Waals surface area contributed by atoms with E-state index in [0.717, 1.165) is 35.3 Å². The summed E-state index contributed by atoms with van der Waals surface area (Å²) in [5, 5.41) is 2.92. The normalized spacial score (nSPS) is 21.0. The quantitative estimate of drug-likeness (QED) is 0.740. The third kappa shape index (κ3) is 5.65. The molecule has 134 valence electrons. The number of hydrogen-bond acceptors (Lipinski definition) is 4. The molecule has 2 atom stereocenters. The molecule has 0 spiro atoms. The lowest BCUT2D eigenvalue weighted by atomic mass is 10.1. The minimum Gasteiger partial charge on any atom is -0.488 e. The lowest BCUT2D eigenvalue weighted by molar-refractivity contribution is 0.0503. The van der Waals surface area contributed by atoms with Gasteiger partial charge in [0.2, 0.25) is 0 Å². The van der Waals surface area contributed by atoms with E-state index in [1.54, 1.807) is 0 Å². The van der Waals surface area contributed by atoms with Crippen LogP contribution in [0.2, 0.25) is 0 Å². The molecule has 0 saturated heterocycles. The first-order valence-corrected chi connectivity index (χ1v) is 9.26. The van der Waals surface area contributed by atoms with Crippen molar-refractivity contribution in [3.05, 3.63) is 22.4 Å². The number of alkyl carbamates (subject to hydrolysis) is 1. The number of carbonyl (C=O) groups excluding carboxylic acids is 1. The summed E-state index contributed by atoms with van der Waals surface area (Å²) in [6.07, 6.45) is 2.28. The van der Waals surface area contributed by atoms with E-state index in [4.69, 9.17) is 9.47 Å². The third-order valence-electron chi connectivity index (χ3n) is 3.83. The molecule has 1 amide bonds. The third-order valence-corrected chi connectivity index (χ3v) is 4.39. The second-order valence-electron chi connectivity index (χ2n) is 7.58. The van der Waals surface area contributed by atoms with E-state index in [9.17, 15) is 4.79 Å². The van der Waals surface area contributed by atoms with Crippen LogP contribution in [0.4, 0.5) is 4.79 Å². The van der Waals surface area contributed by atoms with Gasteiger partial charge in [0.05, 0.1) is 0 Å². The lowest BCUT2D eigenvalue weighted by Gasteiger charge is -2.22. The van der Waals surface area contributed by atoms with Gasteiger partial charge in [-0.1, -0.05) is 13.8 Å². The fourth-order valence-electron chi connectivity index (χ4n) is 2.68. The highest BCUT2D eigenvalue weighted by Crippen LogP contribution is 2.30. The van der Waals surface area contributed by atoms with Crippen molar-refractivity contribution in [2.45, 2.75) is 77.5 Å². The number of ether oxygens (including phenoxy) is 2. The number of nitrogens with zero attached hydrogens (tertiary/aromatic N) is 1. The molecule has 6 heteroatoms. The Morgan fingerprint density at radius 1 is 1.33 bits per heavy atom. The number of halogens is 1. The highest BCUT2D eigenvalue weighted by molar-refractivity contribution is 9.10. The monoisotopic (exact) mass is 398 g/mol. The van der Waals surface area contributed by atoms with Crippen molar-refractivity contribution in [2.24, 2.45) is 0 Å². The van der Waals surface area contributed by atoms with E-state index in [1.807, 2.05) is 32.9 Å². The van der Waals surface area contributed by atoms with Crippen LogP contribution in [0.3, 0.4) is 0 Å². The van der Waals surface area contributed by atoms with Crippen LogP contribution in [0.1, 0.15) is 65.5 Å². The Bertz CT molecular complexity index is 584. The molecular formula is C18H27BrN2O3. The van der Waals surface area contributed by atoms with Crippen LogP contribution in [-0.2, 0) is 4.74 Å². The van der Waals surface area contributed by atoms with E-state index in [1.165, 1.54) is 0 Å². The van der Waals surface area contributed by atoms with Crippen LogP contribution in [0.25, 0.3) is 0 Å². The first-order chi connectivity index (χ1) is 11.1. The minimum absolute atomic E-state index is 0.0768. The molecule has 1 aliphatic rings. The Morgan fingerprint density at radius 2 is 2.04 bits per heavy atom. The second-order valence-corrected chi connectivity index (χ2v) is 8.33. The Balaban J connectivity index is 1.87. The molecule has 2 rings (SSSR count). The molecule has 0 aliphatic heterocycles. The average Bonchev–Trinajstić information content (AvgIpc) is 2.85. The van der Waals surface area contributed by atoms with Crippen molar-refractivity contribution < 1.29 is 14.3 Å². The van der Waals surface area contributed by atoms with Gasteiger partial charge in [-0.3, -0.25) is 0 Å². The molecule has 1 fully saturated rings. The summed E-state index contributed by atoms with van der Waals surface area (Å²) < 4.78 is 12.1. The van der Waals surface area contributed by atoms with E-state index in [0.29, 0.717) is 5.92 Å². The first-order valence-electron chi connectivity index (χ1n) is 8.46. The van der Waals surface area contributed by atoms with Crippen LogP contribution < -0.4 is 10.1 Å². The number of amides is 1. The van der Waals surface area contributed by atoms with Crippen LogP contribution in [0.5, 0.6) is 5.75 Å². The molecule has 5 nitrogen and oxygen atoms in total. The number of carbonyl (C=O) groups is 1. The molecule has 24 heavy (non-hydrogen) atoms. The highest BCUT2D eigenvalue weighted by atomic mass is 79.9. The zero-order valence-electron chi connectivity index (χ0n) is 15.1. The van der Waals surface area contributed by atoms with Crippen molar-refractivity contribution in [1.29, 1.82) is 0 Å². The van der Waals surface area contributed by atoms with Crippen molar-refractivity contribution >= 4 is 22.0 Å². The SMILES string of the molecule is CC(C)c1ccc(O[C@@H]2CC[C@H](NC(=O)OC(C)(C)C)C2)c(Br)n1. The Labute approximate surface area is 152 Å². The summed E-state index contributed by atoms with van der Waals surface area (Å²) in [5.74, 6) is 1.13. The number of pyridine rings is 1. The van der Waals surface area contributed by atoms with Crippen LogP contribution >= 0.6 is 15.9 Å². The van der Waals surface area contributed by atoms with Gasteiger partial charge >= 0.3 is 6.09 Å². The molecule has 1 aromatic heterocycles. The minimum atomic E-state index is -0.479. The molecule has 0 radical (unpaired) electrons. The zero-order chi connectivity index (χ0) is 17.9. The van der Waals surface area contributed by atoms with E-state index < -0.39 is 5.60 Å². The topological polar surface area (TPSA) is 60.5 Å². The lowest BCUT2D eigenvalue weighted by Crippen LogP contribution is -2.38. The predicted octanol–water partition coefficient (Wildman–Crippen LogP) is 4.79. The van der Waals surface area contributed by atoms with Gasteiger partial charge in [-0.25, -0.2) is 9.78 Å². The molecule has 1 N–H and O–H groups in total. The molecule has 0 aromatic carbocycles.